The van der Waals surface area contributed by atoms with Crippen LogP contribution < -0.4 is 25.2 Å². The van der Waals surface area contributed by atoms with Gasteiger partial charge in [0.25, 0.3) is 6.43 Å². The summed E-state index contributed by atoms with van der Waals surface area (Å²) in [6.07, 6.45) is -4.62. The Morgan fingerprint density at radius 2 is 1.75 bits per heavy atom. The fourth-order valence-corrected chi connectivity index (χ4v) is 10.1. The summed E-state index contributed by atoms with van der Waals surface area (Å²) in [7, 11) is -2.53. The predicted molar refractivity (Wildman–Crippen MR) is 210 cm³/mol. The van der Waals surface area contributed by atoms with Gasteiger partial charge in [-0.2, -0.15) is 18.2 Å². The van der Waals surface area contributed by atoms with Crippen LogP contribution in [-0.4, -0.2) is 103 Å². The van der Waals surface area contributed by atoms with Crippen molar-refractivity contribution in [3.8, 4) is 0 Å². The second kappa shape index (κ2) is 16.9. The first-order chi connectivity index (χ1) is 28.6. The molecule has 0 radical (unpaired) electrons. The third kappa shape index (κ3) is 10.0. The summed E-state index contributed by atoms with van der Waals surface area (Å²) >= 11 is 0. The van der Waals surface area contributed by atoms with E-state index in [-0.39, 0.29) is 62.9 Å². The lowest BCUT2D eigenvalue weighted by molar-refractivity contribution is -0.138. The molecule has 1 aromatic heterocycles. The highest BCUT2D eigenvalue weighted by molar-refractivity contribution is 7.89. The van der Waals surface area contributed by atoms with Crippen LogP contribution in [-0.2, 0) is 25.8 Å². The molecule has 4 fully saturated rings. The third-order valence-corrected chi connectivity index (χ3v) is 13.5. The smallest absolute Gasteiger partial charge is 0.388 e. The molecular formula is C40H47F7N8O5S. The van der Waals surface area contributed by atoms with E-state index in [4.69, 9.17) is 0 Å². The van der Waals surface area contributed by atoms with E-state index >= 15 is 8.78 Å². The number of aromatic nitrogens is 2. The van der Waals surface area contributed by atoms with Gasteiger partial charge in [-0.1, -0.05) is 6.07 Å². The van der Waals surface area contributed by atoms with Gasteiger partial charge < -0.3 is 25.1 Å². The van der Waals surface area contributed by atoms with E-state index in [1.807, 2.05) is 4.90 Å². The summed E-state index contributed by atoms with van der Waals surface area (Å²) in [6, 6.07) is 6.72. The van der Waals surface area contributed by atoms with Crippen LogP contribution in [0.2, 0.25) is 0 Å². The Balaban J connectivity index is 0.934. The molecule has 4 aliphatic rings. The summed E-state index contributed by atoms with van der Waals surface area (Å²) in [5.74, 6) is -3.30. The number of aliphatic hydroxyl groups is 1. The molecule has 3 aromatic rings. The molecule has 1 unspecified atom stereocenters. The summed E-state index contributed by atoms with van der Waals surface area (Å²) in [5.41, 5.74) is -4.45. The van der Waals surface area contributed by atoms with Crippen LogP contribution in [0, 0.1) is 5.82 Å². The number of nitrogens with one attached hydrogen (secondary N) is 3. The maximum atomic E-state index is 15.8. The average molecular weight is 885 g/mol. The maximum Gasteiger partial charge on any atom is 0.421 e. The number of carbonyl (C=O) groups excluding carboxylic acids is 2. The number of nitrogens with zero attached hydrogens (tertiary/aromatic N) is 5. The molecule has 13 nitrogen and oxygen atoms in total. The number of anilines is 4. The Morgan fingerprint density at radius 1 is 1.03 bits per heavy atom. The lowest BCUT2D eigenvalue weighted by Gasteiger charge is -2.49. The highest BCUT2D eigenvalue weighted by Gasteiger charge is 2.46. The maximum absolute atomic E-state index is 15.8. The van der Waals surface area contributed by atoms with E-state index < -0.39 is 91.3 Å². The molecule has 4 N–H and O–H groups in total. The van der Waals surface area contributed by atoms with E-state index in [0.717, 1.165) is 18.2 Å². The molecular weight excluding hydrogens is 838 g/mol. The molecule has 3 aliphatic heterocycles. The van der Waals surface area contributed by atoms with Crippen molar-refractivity contribution in [3.63, 3.8) is 0 Å². The number of benzene rings is 2. The summed E-state index contributed by atoms with van der Waals surface area (Å²) in [6.45, 7) is 1.61. The van der Waals surface area contributed by atoms with Crippen molar-refractivity contribution in [3.05, 3.63) is 65.1 Å². The fourth-order valence-electron chi connectivity index (χ4n) is 8.80. The number of hydrogen-bond donors (Lipinski definition) is 4. The van der Waals surface area contributed by atoms with Crippen molar-refractivity contribution in [2.75, 3.05) is 54.9 Å². The predicted octanol–water partition coefficient (Wildman–Crippen LogP) is 5.94. The van der Waals surface area contributed by atoms with Gasteiger partial charge in [0.2, 0.25) is 27.8 Å². The Labute approximate surface area is 348 Å². The highest BCUT2D eigenvalue weighted by atomic mass is 32.2. The van der Waals surface area contributed by atoms with Gasteiger partial charge in [0.15, 0.2) is 5.67 Å². The monoisotopic (exact) mass is 884 g/mol. The summed E-state index contributed by atoms with van der Waals surface area (Å²) < 4.78 is 131. The lowest BCUT2D eigenvalue weighted by atomic mass is 9.88. The number of imide groups is 1. The van der Waals surface area contributed by atoms with Gasteiger partial charge in [-0.3, -0.25) is 14.9 Å². The van der Waals surface area contributed by atoms with E-state index in [1.54, 1.807) is 18.0 Å². The first-order valence-corrected chi connectivity index (χ1v) is 21.5. The van der Waals surface area contributed by atoms with Crippen molar-refractivity contribution < 1.29 is 53.8 Å². The van der Waals surface area contributed by atoms with Crippen molar-refractivity contribution in [2.45, 2.75) is 105 Å². The van der Waals surface area contributed by atoms with Crippen LogP contribution in [0.15, 0.2) is 47.5 Å². The topological polar surface area (TPSA) is 160 Å². The van der Waals surface area contributed by atoms with Gasteiger partial charge in [0, 0.05) is 66.8 Å². The largest absolute Gasteiger partial charge is 0.421 e. The van der Waals surface area contributed by atoms with Crippen molar-refractivity contribution in [2.24, 2.45) is 0 Å². The first kappa shape index (κ1) is 44.5. The molecule has 2 aromatic carbocycles. The van der Waals surface area contributed by atoms with E-state index in [0.29, 0.717) is 50.4 Å². The van der Waals surface area contributed by atoms with Crippen LogP contribution in [0.25, 0.3) is 0 Å². The molecule has 2 amide bonds. The molecule has 1 saturated carbocycles. The number of sulfonamides is 1. The first-order valence-electron chi connectivity index (χ1n) is 20.0. The van der Waals surface area contributed by atoms with Crippen molar-refractivity contribution in [1.82, 2.24) is 24.9 Å². The zero-order valence-electron chi connectivity index (χ0n) is 33.4. The van der Waals surface area contributed by atoms with Gasteiger partial charge in [-0.25, -0.2) is 35.7 Å². The second-order valence-corrected chi connectivity index (χ2v) is 18.6. The van der Waals surface area contributed by atoms with Crippen LogP contribution in [0.3, 0.4) is 0 Å². The Bertz CT molecular complexity index is 2250. The van der Waals surface area contributed by atoms with Crippen molar-refractivity contribution >= 4 is 45.0 Å². The van der Waals surface area contributed by atoms with Crippen LogP contribution >= 0.6 is 0 Å². The quantitative estimate of drug-likeness (QED) is 0.126. The molecule has 0 spiro atoms. The number of amides is 2. The summed E-state index contributed by atoms with van der Waals surface area (Å²) in [4.78, 5) is 35.8. The van der Waals surface area contributed by atoms with Crippen LogP contribution in [0.1, 0.15) is 87.3 Å². The van der Waals surface area contributed by atoms with Crippen LogP contribution in [0.4, 0.5) is 53.9 Å². The zero-order valence-corrected chi connectivity index (χ0v) is 34.2. The minimum atomic E-state index is -4.84. The normalized spacial score (nSPS) is 24.8. The van der Waals surface area contributed by atoms with Crippen molar-refractivity contribution in [1.29, 1.82) is 0 Å². The third-order valence-electron chi connectivity index (χ3n) is 12.0. The number of rotatable bonds is 12. The Hall–Kier alpha value is -4.60. The number of piperidine rings is 2. The highest BCUT2D eigenvalue weighted by Crippen LogP contribution is 2.40. The number of carbonyl (C=O) groups is 2. The number of halogens is 7. The molecule has 332 valence electrons. The second-order valence-electron chi connectivity index (χ2n) is 16.9. The molecule has 2 atom stereocenters. The Morgan fingerprint density at radius 3 is 2.39 bits per heavy atom. The minimum absolute atomic E-state index is 0.0137. The molecule has 3 saturated heterocycles. The van der Waals surface area contributed by atoms with Gasteiger partial charge in [0.1, 0.15) is 17.2 Å². The molecule has 0 bridgehead atoms. The molecule has 1 aliphatic carbocycles. The molecule has 7 rings (SSSR count). The zero-order chi connectivity index (χ0) is 44.1. The minimum Gasteiger partial charge on any atom is -0.388 e. The fraction of sp³-hybridized carbons (Fsp3) is 0.550. The average Bonchev–Trinajstić information content (AvgIpc) is 3.16. The van der Waals surface area contributed by atoms with E-state index in [1.165, 1.54) is 24.0 Å². The van der Waals surface area contributed by atoms with Gasteiger partial charge in [-0.15, -0.1) is 0 Å². The van der Waals surface area contributed by atoms with Crippen LogP contribution in [0.5, 0.6) is 0 Å². The SMILES string of the molecule is CN(CC1(F)CN(c2ccc(C3CCC(=O)NC3=O)c(F)c2)C1)C1CCC(NS(=O)(=O)c2ccc(Nc3ncc(C(F)(F)F)c(N4CCC[C@](C)(O)C4)n3)c(C(F)F)c2)CC1. The van der Waals surface area contributed by atoms with E-state index in [9.17, 15) is 45.1 Å². The molecule has 61 heavy (non-hydrogen) atoms. The lowest BCUT2D eigenvalue weighted by Crippen LogP contribution is -2.64. The Kier molecular flexibility index (Phi) is 12.3. The molecule has 4 heterocycles. The number of alkyl halides is 6. The van der Waals surface area contributed by atoms with E-state index in [2.05, 4.69) is 25.3 Å². The van der Waals surface area contributed by atoms with Gasteiger partial charge in [-0.05, 0) is 89.2 Å². The van der Waals surface area contributed by atoms with Gasteiger partial charge in [0.05, 0.1) is 29.5 Å². The van der Waals surface area contributed by atoms with Gasteiger partial charge >= 0.3 is 6.18 Å². The number of hydrogen-bond acceptors (Lipinski definition) is 11. The molecule has 21 heteroatoms. The standard InChI is InChI=1S/C40H47F7N8O5S/c1-38(58)14-3-15-54(19-38)35-30(40(45,46)47)18-48-37(51-35)49-32-12-9-26(17-29(32)34(42)43)61(59,60)52-23-4-6-24(7-5-23)53(2)20-39(44)21-55(22-39)25-8-10-27(31(41)16-25)28-11-13-33(56)50-36(28)57/h8-10,12,16-18,23-24,28,34,52,58H,3-7,11,13-15,19-22H2,1-2H3,(H,48,49,51)(H,50,56,57)/t23?,24?,28?,38-/m0/s1. The number of β-amino-alcohol motifs (C(OH)–C–C–N with tert-alkyl or cyclic N) is 1. The summed E-state index contributed by atoms with van der Waals surface area (Å²) in [5, 5.41) is 15.2.